The normalized spacial score (nSPS) is 17.7. The summed E-state index contributed by atoms with van der Waals surface area (Å²) in [6.07, 6.45) is 2.17. The molecule has 0 radical (unpaired) electrons. The maximum atomic E-state index is 12.4. The average molecular weight is 389 g/mol. The Bertz CT molecular complexity index is 720. The Hall–Kier alpha value is -1.85. The molecule has 5 heteroatoms. The molecule has 3 rings (SSSR count). The smallest absolute Gasteiger partial charge is 0.238 e. The third-order valence-electron chi connectivity index (χ3n) is 4.30. The minimum Gasteiger partial charge on any atom is -0.497 e. The summed E-state index contributed by atoms with van der Waals surface area (Å²) < 4.78 is 6.27. The number of halogens is 1. The van der Waals surface area contributed by atoms with E-state index in [1.54, 1.807) is 7.11 Å². The molecule has 2 aromatic rings. The molecular formula is C19H21BrN2O2. The average Bonchev–Trinajstić information content (AvgIpc) is 3.03. The van der Waals surface area contributed by atoms with Gasteiger partial charge in [0, 0.05) is 16.2 Å². The van der Waals surface area contributed by atoms with Crippen molar-refractivity contribution < 1.29 is 9.53 Å². The Kier molecular flexibility index (Phi) is 5.53. The summed E-state index contributed by atoms with van der Waals surface area (Å²) in [5, 5.41) is 2.97. The summed E-state index contributed by atoms with van der Waals surface area (Å²) in [4.78, 5) is 14.6. The third kappa shape index (κ3) is 4.16. The fourth-order valence-corrected chi connectivity index (χ4v) is 3.59. The third-order valence-corrected chi connectivity index (χ3v) is 4.79. The number of nitrogens with zero attached hydrogens (tertiary/aromatic N) is 1. The molecule has 0 bridgehead atoms. The summed E-state index contributed by atoms with van der Waals surface area (Å²) in [5.41, 5.74) is 2.02. The van der Waals surface area contributed by atoms with Crippen molar-refractivity contribution in [3.8, 4) is 5.75 Å². The van der Waals surface area contributed by atoms with E-state index in [1.165, 1.54) is 5.56 Å². The highest BCUT2D eigenvalue weighted by molar-refractivity contribution is 9.10. The van der Waals surface area contributed by atoms with Crippen LogP contribution in [-0.4, -0.2) is 31.0 Å². The molecule has 1 aliphatic heterocycles. The van der Waals surface area contributed by atoms with E-state index < -0.39 is 0 Å². The molecule has 4 nitrogen and oxygen atoms in total. The molecule has 1 N–H and O–H groups in total. The number of anilines is 1. The second-order valence-corrected chi connectivity index (χ2v) is 6.88. The molecule has 0 aromatic heterocycles. The minimum absolute atomic E-state index is 0.0166. The zero-order valence-corrected chi connectivity index (χ0v) is 15.3. The van der Waals surface area contributed by atoms with Crippen LogP contribution >= 0.6 is 15.9 Å². The molecular weight excluding hydrogens is 368 g/mol. The van der Waals surface area contributed by atoms with Crippen LogP contribution in [-0.2, 0) is 4.79 Å². The lowest BCUT2D eigenvalue weighted by Gasteiger charge is -2.24. The summed E-state index contributed by atoms with van der Waals surface area (Å²) in [7, 11) is 1.68. The van der Waals surface area contributed by atoms with E-state index in [0.717, 1.165) is 35.3 Å². The lowest BCUT2D eigenvalue weighted by atomic mass is 10.0. The number of ether oxygens (including phenoxy) is 1. The summed E-state index contributed by atoms with van der Waals surface area (Å²) in [6, 6.07) is 16.0. The fraction of sp³-hybridized carbons (Fsp3) is 0.316. The summed E-state index contributed by atoms with van der Waals surface area (Å²) in [5.74, 6) is 0.876. The van der Waals surface area contributed by atoms with E-state index in [-0.39, 0.29) is 11.9 Å². The number of amides is 1. The molecule has 1 amide bonds. The van der Waals surface area contributed by atoms with Gasteiger partial charge in [0.2, 0.25) is 5.91 Å². The van der Waals surface area contributed by atoms with Crippen molar-refractivity contribution in [1.29, 1.82) is 0 Å². The van der Waals surface area contributed by atoms with Crippen molar-refractivity contribution in [2.75, 3.05) is 25.5 Å². The van der Waals surface area contributed by atoms with Crippen LogP contribution < -0.4 is 10.1 Å². The SMILES string of the molecule is COc1cccc(C2CCCN2CC(=O)Nc2cccc(Br)c2)c1. The van der Waals surface area contributed by atoms with Crippen LogP contribution in [0.3, 0.4) is 0 Å². The quantitative estimate of drug-likeness (QED) is 0.832. The van der Waals surface area contributed by atoms with Gasteiger partial charge in [-0.05, 0) is 55.3 Å². The topological polar surface area (TPSA) is 41.6 Å². The Morgan fingerprint density at radius 2 is 2.12 bits per heavy atom. The lowest BCUT2D eigenvalue weighted by Crippen LogP contribution is -2.32. The van der Waals surface area contributed by atoms with E-state index in [0.29, 0.717) is 6.54 Å². The highest BCUT2D eigenvalue weighted by Crippen LogP contribution is 2.33. The van der Waals surface area contributed by atoms with Crippen molar-refractivity contribution in [3.05, 3.63) is 58.6 Å². The van der Waals surface area contributed by atoms with Gasteiger partial charge in [0.15, 0.2) is 0 Å². The molecule has 1 atom stereocenters. The molecule has 126 valence electrons. The van der Waals surface area contributed by atoms with Gasteiger partial charge in [0.25, 0.3) is 0 Å². The molecule has 2 aromatic carbocycles. The van der Waals surface area contributed by atoms with Gasteiger partial charge in [-0.1, -0.05) is 34.1 Å². The fourth-order valence-electron chi connectivity index (χ4n) is 3.19. The van der Waals surface area contributed by atoms with Crippen LogP contribution in [0.15, 0.2) is 53.0 Å². The number of carbonyl (C=O) groups is 1. The first-order chi connectivity index (χ1) is 11.7. The van der Waals surface area contributed by atoms with Gasteiger partial charge in [-0.25, -0.2) is 0 Å². The predicted molar refractivity (Wildman–Crippen MR) is 99.3 cm³/mol. The van der Waals surface area contributed by atoms with E-state index >= 15 is 0 Å². The van der Waals surface area contributed by atoms with Crippen LogP contribution in [0.2, 0.25) is 0 Å². The highest BCUT2D eigenvalue weighted by Gasteiger charge is 2.27. The molecule has 0 spiro atoms. The van der Waals surface area contributed by atoms with E-state index in [4.69, 9.17) is 4.74 Å². The first kappa shape index (κ1) is 17.0. The number of methoxy groups -OCH3 is 1. The molecule has 24 heavy (non-hydrogen) atoms. The zero-order valence-electron chi connectivity index (χ0n) is 13.7. The maximum Gasteiger partial charge on any atom is 0.238 e. The number of hydrogen-bond acceptors (Lipinski definition) is 3. The van der Waals surface area contributed by atoms with Gasteiger partial charge in [0.1, 0.15) is 5.75 Å². The van der Waals surface area contributed by atoms with Gasteiger partial charge in [-0.15, -0.1) is 0 Å². The van der Waals surface area contributed by atoms with Crippen LogP contribution in [0, 0.1) is 0 Å². The van der Waals surface area contributed by atoms with Crippen LogP contribution in [0.5, 0.6) is 5.75 Å². The Morgan fingerprint density at radius 1 is 1.29 bits per heavy atom. The van der Waals surface area contributed by atoms with Gasteiger partial charge < -0.3 is 10.1 Å². The first-order valence-electron chi connectivity index (χ1n) is 8.09. The van der Waals surface area contributed by atoms with Gasteiger partial charge in [-0.3, -0.25) is 9.69 Å². The maximum absolute atomic E-state index is 12.4. The molecule has 1 fully saturated rings. The van der Waals surface area contributed by atoms with Crippen LogP contribution in [0.1, 0.15) is 24.4 Å². The van der Waals surface area contributed by atoms with Crippen molar-refractivity contribution in [1.82, 2.24) is 4.90 Å². The van der Waals surface area contributed by atoms with Crippen molar-refractivity contribution in [3.63, 3.8) is 0 Å². The molecule has 1 saturated heterocycles. The lowest BCUT2D eigenvalue weighted by molar-refractivity contribution is -0.117. The van der Waals surface area contributed by atoms with Gasteiger partial charge in [0.05, 0.1) is 13.7 Å². The number of rotatable bonds is 5. The van der Waals surface area contributed by atoms with E-state index in [9.17, 15) is 4.79 Å². The zero-order chi connectivity index (χ0) is 16.9. The monoisotopic (exact) mass is 388 g/mol. The number of benzene rings is 2. The van der Waals surface area contributed by atoms with Crippen molar-refractivity contribution in [2.45, 2.75) is 18.9 Å². The molecule has 1 aliphatic rings. The molecule has 1 heterocycles. The van der Waals surface area contributed by atoms with Crippen LogP contribution in [0.4, 0.5) is 5.69 Å². The molecule has 0 aliphatic carbocycles. The standard InChI is InChI=1S/C19H21BrN2O2/c1-24-17-8-2-5-14(11-17)18-9-4-10-22(18)13-19(23)21-16-7-3-6-15(20)12-16/h2-3,5-8,11-12,18H,4,9-10,13H2,1H3,(H,21,23). The Balaban J connectivity index is 1.66. The van der Waals surface area contributed by atoms with Crippen molar-refractivity contribution >= 4 is 27.5 Å². The van der Waals surface area contributed by atoms with Gasteiger partial charge in [-0.2, -0.15) is 0 Å². The highest BCUT2D eigenvalue weighted by atomic mass is 79.9. The molecule has 1 unspecified atom stereocenters. The Labute approximate surface area is 150 Å². The van der Waals surface area contributed by atoms with E-state index in [1.807, 2.05) is 36.4 Å². The Morgan fingerprint density at radius 3 is 2.92 bits per heavy atom. The number of likely N-dealkylation sites (tertiary alicyclic amines) is 1. The summed E-state index contributed by atoms with van der Waals surface area (Å²) >= 11 is 3.42. The van der Waals surface area contributed by atoms with Crippen LogP contribution in [0.25, 0.3) is 0 Å². The van der Waals surface area contributed by atoms with Crippen molar-refractivity contribution in [2.24, 2.45) is 0 Å². The second kappa shape index (κ2) is 7.81. The first-order valence-corrected chi connectivity index (χ1v) is 8.88. The molecule has 0 saturated carbocycles. The number of hydrogen-bond donors (Lipinski definition) is 1. The van der Waals surface area contributed by atoms with E-state index in [2.05, 4.69) is 38.3 Å². The van der Waals surface area contributed by atoms with Gasteiger partial charge >= 0.3 is 0 Å². The number of carbonyl (C=O) groups excluding carboxylic acids is 1. The summed E-state index contributed by atoms with van der Waals surface area (Å²) in [6.45, 7) is 1.34. The predicted octanol–water partition coefficient (Wildman–Crippen LogP) is 4.23. The largest absolute Gasteiger partial charge is 0.497 e. The second-order valence-electron chi connectivity index (χ2n) is 5.96. The minimum atomic E-state index is 0.0166. The number of nitrogens with one attached hydrogen (secondary N) is 1.